The lowest BCUT2D eigenvalue weighted by atomic mass is 10.2. The van der Waals surface area contributed by atoms with Gasteiger partial charge in [0.15, 0.2) is 5.82 Å². The summed E-state index contributed by atoms with van der Waals surface area (Å²) < 4.78 is 0. The van der Waals surface area contributed by atoms with Gasteiger partial charge in [0.05, 0.1) is 6.20 Å². The molecule has 0 radical (unpaired) electrons. The molecule has 1 heterocycles. The highest BCUT2D eigenvalue weighted by atomic mass is 15.2. The van der Waals surface area contributed by atoms with E-state index in [1.54, 1.807) is 6.20 Å². The van der Waals surface area contributed by atoms with Gasteiger partial charge < -0.3 is 10.6 Å². The number of benzene rings is 1. The molecule has 1 aromatic heterocycles. The lowest BCUT2D eigenvalue weighted by Crippen LogP contribution is -2.22. The highest BCUT2D eigenvalue weighted by Crippen LogP contribution is 2.21. The van der Waals surface area contributed by atoms with Gasteiger partial charge in [-0.15, -0.1) is 5.10 Å². The molecule has 0 atom stereocenters. The topological polar surface area (TPSA) is 55.0 Å². The molecule has 0 aliphatic heterocycles. The lowest BCUT2D eigenvalue weighted by molar-refractivity contribution is 0.782. The number of hydrogen-bond acceptors (Lipinski definition) is 4. The molecule has 0 bridgehead atoms. The first-order valence-corrected chi connectivity index (χ1v) is 5.44. The van der Waals surface area contributed by atoms with Crippen LogP contribution in [0.4, 0.5) is 5.82 Å². The fraction of sp³-hybridized carbons (Fsp3) is 0.333. The SMILES string of the molecule is CN(CCCN)c1nncc2ccccc12. The van der Waals surface area contributed by atoms with Gasteiger partial charge >= 0.3 is 0 Å². The van der Waals surface area contributed by atoms with Gasteiger partial charge in [-0.3, -0.25) is 0 Å². The van der Waals surface area contributed by atoms with Crippen LogP contribution in [0.1, 0.15) is 6.42 Å². The number of nitrogens with two attached hydrogens (primary N) is 1. The molecule has 0 fully saturated rings. The first-order valence-electron chi connectivity index (χ1n) is 5.44. The Morgan fingerprint density at radius 1 is 1.31 bits per heavy atom. The highest BCUT2D eigenvalue weighted by molar-refractivity contribution is 5.91. The summed E-state index contributed by atoms with van der Waals surface area (Å²) in [5.41, 5.74) is 5.50. The molecule has 0 aliphatic rings. The molecule has 1 aromatic carbocycles. The summed E-state index contributed by atoms with van der Waals surface area (Å²) in [6.45, 7) is 1.60. The number of aromatic nitrogens is 2. The van der Waals surface area contributed by atoms with Crippen LogP contribution in [-0.4, -0.2) is 30.3 Å². The summed E-state index contributed by atoms with van der Waals surface area (Å²) in [7, 11) is 2.02. The van der Waals surface area contributed by atoms with Gasteiger partial charge in [-0.25, -0.2) is 0 Å². The third kappa shape index (κ3) is 2.12. The maximum absolute atomic E-state index is 5.50. The average Bonchev–Trinajstić information content (AvgIpc) is 2.35. The predicted molar refractivity (Wildman–Crippen MR) is 66.5 cm³/mol. The van der Waals surface area contributed by atoms with Crippen molar-refractivity contribution in [3.63, 3.8) is 0 Å². The van der Waals surface area contributed by atoms with Crippen LogP contribution in [-0.2, 0) is 0 Å². The molecule has 0 aliphatic carbocycles. The normalized spacial score (nSPS) is 10.6. The van der Waals surface area contributed by atoms with Crippen LogP contribution >= 0.6 is 0 Å². The van der Waals surface area contributed by atoms with E-state index < -0.39 is 0 Å². The fourth-order valence-corrected chi connectivity index (χ4v) is 1.73. The molecule has 0 saturated heterocycles. The van der Waals surface area contributed by atoms with Crippen molar-refractivity contribution in [3.05, 3.63) is 30.5 Å². The Morgan fingerprint density at radius 2 is 2.12 bits per heavy atom. The van der Waals surface area contributed by atoms with Crippen LogP contribution in [0.3, 0.4) is 0 Å². The molecule has 2 aromatic rings. The van der Waals surface area contributed by atoms with Crippen molar-refractivity contribution in [3.8, 4) is 0 Å². The molecule has 0 spiro atoms. The second-order valence-corrected chi connectivity index (χ2v) is 3.82. The first-order chi connectivity index (χ1) is 7.83. The minimum atomic E-state index is 0.697. The Hall–Kier alpha value is -1.68. The van der Waals surface area contributed by atoms with Gasteiger partial charge in [-0.1, -0.05) is 24.3 Å². The summed E-state index contributed by atoms with van der Waals surface area (Å²) in [5.74, 6) is 0.923. The molecule has 2 N–H and O–H groups in total. The molecule has 0 amide bonds. The molecule has 0 saturated carbocycles. The van der Waals surface area contributed by atoms with Crippen LogP contribution in [0.2, 0.25) is 0 Å². The number of nitrogens with zero attached hydrogens (tertiary/aromatic N) is 3. The van der Waals surface area contributed by atoms with Crippen LogP contribution < -0.4 is 10.6 Å². The predicted octanol–water partition coefficient (Wildman–Crippen LogP) is 1.41. The van der Waals surface area contributed by atoms with Gasteiger partial charge in [0.25, 0.3) is 0 Å². The molecule has 4 heteroatoms. The summed E-state index contributed by atoms with van der Waals surface area (Å²) in [6, 6.07) is 8.14. The number of hydrogen-bond donors (Lipinski definition) is 1. The summed E-state index contributed by atoms with van der Waals surface area (Å²) in [6.07, 6.45) is 2.75. The molecule has 84 valence electrons. The van der Waals surface area contributed by atoms with Gasteiger partial charge in [-0.2, -0.15) is 5.10 Å². The highest BCUT2D eigenvalue weighted by Gasteiger charge is 2.07. The molecule has 16 heavy (non-hydrogen) atoms. The van der Waals surface area contributed by atoms with E-state index in [1.807, 2.05) is 25.2 Å². The van der Waals surface area contributed by atoms with Crippen molar-refractivity contribution in [2.75, 3.05) is 25.0 Å². The Labute approximate surface area is 95.1 Å². The van der Waals surface area contributed by atoms with Crippen molar-refractivity contribution in [1.82, 2.24) is 10.2 Å². The minimum Gasteiger partial charge on any atom is -0.358 e. The zero-order chi connectivity index (χ0) is 11.4. The Morgan fingerprint density at radius 3 is 2.94 bits per heavy atom. The molecule has 2 rings (SSSR count). The Balaban J connectivity index is 2.36. The average molecular weight is 216 g/mol. The summed E-state index contributed by atoms with van der Waals surface area (Å²) in [4.78, 5) is 2.10. The third-order valence-corrected chi connectivity index (χ3v) is 2.61. The zero-order valence-corrected chi connectivity index (χ0v) is 9.43. The van der Waals surface area contributed by atoms with E-state index in [4.69, 9.17) is 5.73 Å². The minimum absolute atomic E-state index is 0.697. The molecule has 0 unspecified atom stereocenters. The summed E-state index contributed by atoms with van der Waals surface area (Å²) in [5, 5.41) is 10.5. The van der Waals surface area contributed by atoms with Gasteiger partial charge in [0, 0.05) is 24.4 Å². The van der Waals surface area contributed by atoms with Crippen LogP contribution in [0, 0.1) is 0 Å². The van der Waals surface area contributed by atoms with E-state index in [0.717, 1.165) is 29.6 Å². The number of anilines is 1. The van der Waals surface area contributed by atoms with Crippen molar-refractivity contribution in [2.24, 2.45) is 5.73 Å². The molecular weight excluding hydrogens is 200 g/mol. The zero-order valence-electron chi connectivity index (χ0n) is 9.43. The van der Waals surface area contributed by atoms with E-state index in [0.29, 0.717) is 6.54 Å². The fourth-order valence-electron chi connectivity index (χ4n) is 1.73. The monoisotopic (exact) mass is 216 g/mol. The second kappa shape index (κ2) is 4.90. The van der Waals surface area contributed by atoms with Crippen molar-refractivity contribution < 1.29 is 0 Å². The maximum Gasteiger partial charge on any atom is 0.158 e. The Bertz CT molecular complexity index is 464. The first kappa shape index (κ1) is 10.8. The van der Waals surface area contributed by atoms with Gasteiger partial charge in [0.2, 0.25) is 0 Å². The van der Waals surface area contributed by atoms with Crippen molar-refractivity contribution in [1.29, 1.82) is 0 Å². The van der Waals surface area contributed by atoms with E-state index in [9.17, 15) is 0 Å². The standard InChI is InChI=1S/C12H16N4/c1-16(8-4-7-13)12-11-6-3-2-5-10(11)9-14-15-12/h2-3,5-6,9H,4,7-8,13H2,1H3. The number of fused-ring (bicyclic) bond motifs is 1. The maximum atomic E-state index is 5.50. The molecular formula is C12H16N4. The van der Waals surface area contributed by atoms with Crippen molar-refractivity contribution >= 4 is 16.6 Å². The summed E-state index contributed by atoms with van der Waals surface area (Å²) >= 11 is 0. The Kier molecular flexibility index (Phi) is 3.31. The smallest absolute Gasteiger partial charge is 0.158 e. The van der Waals surface area contributed by atoms with Gasteiger partial charge in [-0.05, 0) is 13.0 Å². The number of rotatable bonds is 4. The van der Waals surface area contributed by atoms with E-state index in [-0.39, 0.29) is 0 Å². The van der Waals surface area contributed by atoms with E-state index >= 15 is 0 Å². The molecule has 4 nitrogen and oxygen atoms in total. The van der Waals surface area contributed by atoms with Crippen LogP contribution in [0.15, 0.2) is 30.5 Å². The van der Waals surface area contributed by atoms with E-state index in [1.165, 1.54) is 0 Å². The van der Waals surface area contributed by atoms with Crippen molar-refractivity contribution in [2.45, 2.75) is 6.42 Å². The van der Waals surface area contributed by atoms with Crippen LogP contribution in [0.25, 0.3) is 10.8 Å². The van der Waals surface area contributed by atoms with Crippen LogP contribution in [0.5, 0.6) is 0 Å². The second-order valence-electron chi connectivity index (χ2n) is 3.82. The van der Waals surface area contributed by atoms with Gasteiger partial charge in [0.1, 0.15) is 0 Å². The van der Waals surface area contributed by atoms with E-state index in [2.05, 4.69) is 21.2 Å². The third-order valence-electron chi connectivity index (χ3n) is 2.61. The largest absolute Gasteiger partial charge is 0.358 e. The quantitative estimate of drug-likeness (QED) is 0.839. The lowest BCUT2D eigenvalue weighted by Gasteiger charge is -2.18.